The Hall–Kier alpha value is -10.8. The van der Waals surface area contributed by atoms with E-state index >= 15 is 14.4 Å². The molecule has 18 N–H and O–H groups in total. The first-order chi connectivity index (χ1) is 53.2. The molecule has 0 aromatic carbocycles. The fourth-order valence-electron chi connectivity index (χ4n) is 12.0. The Labute approximate surface area is 664 Å². The summed E-state index contributed by atoms with van der Waals surface area (Å²) in [6, 6.07) is -10.4. The average molecular weight is 1650 g/mol. The number of esters is 1. The van der Waals surface area contributed by atoms with Crippen molar-refractivity contribution in [2.75, 3.05) is 5.75 Å². The van der Waals surface area contributed by atoms with Crippen molar-refractivity contribution in [3.8, 4) is 0 Å². The molecule has 37 nitrogen and oxygen atoms in total. The summed E-state index contributed by atoms with van der Waals surface area (Å²) in [5.74, 6) is -12.7. The minimum Gasteiger partial charge on any atom is -0.455 e. The maximum absolute atomic E-state index is 15.4. The van der Waals surface area contributed by atoms with Gasteiger partial charge < -0.3 is 89.2 Å². The van der Waals surface area contributed by atoms with Crippen molar-refractivity contribution in [2.45, 2.75) is 165 Å². The number of pyridine rings is 1. The van der Waals surface area contributed by atoms with Gasteiger partial charge in [0.25, 0.3) is 41.4 Å². The molecule has 5 aromatic heterocycles. The fraction of sp³-hybridized carbons (Fsp3) is 0.394. The number of ether oxygens (including phenoxy) is 1. The molecule has 0 radical (unpaired) electrons. The number of nitrogens with zero attached hydrogens (tertiary/aromatic N) is 7. The number of nitrogens with one attached hydrogen (secondary N) is 11. The number of allylic oxidation sites excluding steroid dienone is 1. The zero-order valence-electron chi connectivity index (χ0n) is 61.9. The van der Waals surface area contributed by atoms with E-state index in [4.69, 9.17) is 25.4 Å². The standard InChI is InChI=1S/C71H81N19O18S5/c1-14-37-64-83-44(22-109-64)61(103)89-52(70(13,107)34(12)93)67-85-43(23-112-67)59(101)88-48-33(11)108-68(106)40-19-36(31(9)91)35-15-16-38(50(94)49(35)79-40)78-46(25(2)3)62(104)77-29(7)56(98)74-27(5)55(97)75-30(8)57(99)90-71(69-86-45(24-113-69)60(102)87-47(32(10)92)63(105)81-37)18-17-39(80-51(71)41-20-111-66(48)82-41)65-84-42(21-110-65)58(100)76-28(6)54(96)73-26(4)53(72)95/h14-16,19-21,23-25,30-34,38,44,46-48,50-52,78,91-94,107H,4-7,17-18,22H2,1-3,8-13H3,(H2,72,95)(H,73,96)(H,74,98)(H,75,97)(H,76,100)(H,77,104)(H,81,105)(H,87,102)(H,88,101)(H,89,103)(H,90,99)/b37-14-/t30-,31-,32+,33+,34+,38+,44+,46-,47?,48-,50?,51+,52+,70+,71+/m0/s1. The van der Waals surface area contributed by atoms with E-state index in [9.17, 15) is 68.7 Å². The monoisotopic (exact) mass is 1650 g/mol. The Morgan fingerprint density at radius 2 is 1.42 bits per heavy atom. The van der Waals surface area contributed by atoms with Crippen molar-refractivity contribution >= 4 is 145 Å². The molecule has 9 heterocycles. The second kappa shape index (κ2) is 34.7. The number of amides is 11. The van der Waals surface area contributed by atoms with Crippen LogP contribution in [0.5, 0.6) is 0 Å². The van der Waals surface area contributed by atoms with Crippen LogP contribution in [-0.4, -0.2) is 192 Å². The molecule has 598 valence electrons. The van der Waals surface area contributed by atoms with Gasteiger partial charge in [-0.2, -0.15) is 0 Å². The summed E-state index contributed by atoms with van der Waals surface area (Å²) >= 11 is 4.39. The lowest BCUT2D eigenvalue weighted by atomic mass is 9.80. The molecule has 0 saturated carbocycles. The quantitative estimate of drug-likeness (QED) is 0.0633. The predicted octanol–water partition coefficient (Wildman–Crippen LogP) is 0.509. The van der Waals surface area contributed by atoms with Crippen molar-refractivity contribution in [1.29, 1.82) is 0 Å². The number of hydrogen-bond acceptors (Lipinski definition) is 31. The summed E-state index contributed by atoms with van der Waals surface area (Å²) in [7, 11) is 0. The molecule has 1 aliphatic carbocycles. The molecule has 11 amide bonds. The lowest BCUT2D eigenvalue weighted by molar-refractivity contribution is -0.129. The summed E-state index contributed by atoms with van der Waals surface area (Å²) in [6.07, 6.45) is -3.71. The van der Waals surface area contributed by atoms with E-state index in [2.05, 4.69) is 105 Å². The van der Waals surface area contributed by atoms with Gasteiger partial charge in [0.05, 0.1) is 76.0 Å². The van der Waals surface area contributed by atoms with Crippen LogP contribution in [0.4, 0.5) is 0 Å². The van der Waals surface area contributed by atoms with Crippen molar-refractivity contribution in [3.63, 3.8) is 0 Å². The van der Waals surface area contributed by atoms with Crippen molar-refractivity contribution in [1.82, 2.24) is 83.4 Å². The fourth-order valence-corrected chi connectivity index (χ4v) is 16.9. The van der Waals surface area contributed by atoms with Gasteiger partial charge in [-0.15, -0.1) is 57.1 Å². The van der Waals surface area contributed by atoms with Crippen LogP contribution in [0.2, 0.25) is 0 Å². The van der Waals surface area contributed by atoms with Gasteiger partial charge in [0.15, 0.2) is 0 Å². The van der Waals surface area contributed by atoms with Crippen LogP contribution in [0.25, 0.3) is 6.08 Å². The normalized spacial score (nSPS) is 26.1. The smallest absolute Gasteiger partial charge is 0.357 e. The maximum atomic E-state index is 15.4. The summed E-state index contributed by atoms with van der Waals surface area (Å²) < 4.78 is 6.24. The van der Waals surface area contributed by atoms with Gasteiger partial charge in [0.2, 0.25) is 23.6 Å². The second-order valence-electron chi connectivity index (χ2n) is 27.4. The molecular formula is C71H81N19O18S5. The molecule has 5 aromatic rings. The molecule has 113 heavy (non-hydrogen) atoms. The van der Waals surface area contributed by atoms with Crippen molar-refractivity contribution in [3.05, 3.63) is 160 Å². The van der Waals surface area contributed by atoms with E-state index in [1.54, 1.807) is 20.8 Å². The molecule has 0 spiro atoms. The lowest BCUT2D eigenvalue weighted by Crippen LogP contribution is -2.57. The van der Waals surface area contributed by atoms with E-state index in [1.165, 1.54) is 87.4 Å². The molecule has 13 bridgehead atoms. The third-order valence-electron chi connectivity index (χ3n) is 18.7. The first kappa shape index (κ1) is 84.6. The molecule has 2 unspecified atom stereocenters. The highest BCUT2D eigenvalue weighted by molar-refractivity contribution is 8.14. The van der Waals surface area contributed by atoms with Gasteiger partial charge in [-0.05, 0) is 78.9 Å². The van der Waals surface area contributed by atoms with E-state index in [0.717, 1.165) is 57.1 Å². The number of fused-ring (bicyclic) bond motifs is 7. The highest BCUT2D eigenvalue weighted by Crippen LogP contribution is 2.48. The minimum absolute atomic E-state index is 0.0184. The van der Waals surface area contributed by atoms with Crippen LogP contribution >= 0.6 is 57.1 Å². The third kappa shape index (κ3) is 18.5. The zero-order valence-corrected chi connectivity index (χ0v) is 66.0. The summed E-state index contributed by atoms with van der Waals surface area (Å²) in [6.45, 7) is 26.9. The molecule has 15 atom stereocenters. The highest BCUT2D eigenvalue weighted by atomic mass is 32.2. The Kier molecular flexibility index (Phi) is 26.0. The number of thioether (sulfide) groups is 1. The molecule has 10 rings (SSSR count). The molecule has 5 aliphatic rings. The number of primary amides is 1. The van der Waals surface area contributed by atoms with Crippen LogP contribution in [0.1, 0.15) is 190 Å². The number of cyclic esters (lactones) is 1. The minimum atomic E-state index is -2.21. The number of aromatic nitrogens is 5. The average Bonchev–Trinajstić information content (AvgIpc) is 1.66. The molecule has 0 saturated heterocycles. The van der Waals surface area contributed by atoms with Gasteiger partial charge in [-0.1, -0.05) is 58.4 Å². The number of rotatable bonds is 11. The third-order valence-corrected chi connectivity index (χ3v) is 23.6. The maximum Gasteiger partial charge on any atom is 0.357 e. The number of carbonyl (C=O) groups excluding carboxylic acids is 12. The number of thiazole rings is 4. The summed E-state index contributed by atoms with van der Waals surface area (Å²) in [5, 5.41) is 91.5. The molecule has 4 aliphatic heterocycles. The number of carbonyl (C=O) groups is 12. The molecule has 42 heteroatoms. The van der Waals surface area contributed by atoms with Crippen LogP contribution in [0.15, 0.2) is 105 Å². The number of hydrogen-bond donors (Lipinski definition) is 17. The lowest BCUT2D eigenvalue weighted by Gasteiger charge is -2.41. The molecular weight excluding hydrogens is 1570 g/mol. The van der Waals surface area contributed by atoms with Gasteiger partial charge in [0.1, 0.15) is 107 Å². The second-order valence-corrected chi connectivity index (χ2v) is 31.9. The van der Waals surface area contributed by atoms with E-state index in [0.29, 0.717) is 0 Å². The van der Waals surface area contributed by atoms with Gasteiger partial charge in [0, 0.05) is 32.8 Å². The topological polar surface area (TPSA) is 563 Å². The van der Waals surface area contributed by atoms with Crippen LogP contribution in [0.3, 0.4) is 0 Å². The number of aliphatic imine (C=N–C) groups is 2. The largest absolute Gasteiger partial charge is 0.455 e. The van der Waals surface area contributed by atoms with Gasteiger partial charge in [-0.25, -0.2) is 29.7 Å². The van der Waals surface area contributed by atoms with E-state index in [1.807, 2.05) is 0 Å². The van der Waals surface area contributed by atoms with Gasteiger partial charge >= 0.3 is 5.97 Å². The van der Waals surface area contributed by atoms with Gasteiger partial charge in [-0.3, -0.25) is 68.0 Å². The number of nitrogens with two attached hydrogens (primary N) is 1. The molecule has 0 fully saturated rings. The first-order valence-corrected chi connectivity index (χ1v) is 39.3. The number of aliphatic hydroxyl groups excluding tert-OH is 4. The summed E-state index contributed by atoms with van der Waals surface area (Å²) in [5.41, 5.74) is -2.56. The first-order valence-electron chi connectivity index (χ1n) is 34.8. The Balaban J connectivity index is 1.18. The Morgan fingerprint density at radius 3 is 2.09 bits per heavy atom. The Bertz CT molecular complexity index is 4920. The SMILES string of the molecule is C=C(NC(=O)C(=C)NC(=O)c1csc(C2=N[C@@H]3c4csc(n4)[C@H]4NC(=O)c5csc(n5)[C@H]([C@](C)(O)[C@@H](C)O)NC(=O)[C@H]5CSC(=N5)/C(=C/C)NC(=O)C([C@@H](C)O)NC(=O)c5csc(n5)[C@]3(CC2)NC(=O)[C@H](C)NC(=O)C(=C)NC(=O)C(=C)NC(=O)[C@H](C(C)C)N[C@@H]2C=Cc3c([C@H](C)O)cc(nc3C2O)C(=O)O[C@@H]4C)n1)C(N)=O. The van der Waals surface area contributed by atoms with Crippen LogP contribution in [-0.2, 0) is 48.6 Å². The number of aliphatic hydroxyl groups is 5. The van der Waals surface area contributed by atoms with Crippen LogP contribution < -0.4 is 64.2 Å². The zero-order chi connectivity index (χ0) is 82.7. The summed E-state index contributed by atoms with van der Waals surface area (Å²) in [4.78, 5) is 203. The van der Waals surface area contributed by atoms with Crippen molar-refractivity contribution < 1.29 is 87.8 Å². The highest BCUT2D eigenvalue weighted by Gasteiger charge is 2.51. The van der Waals surface area contributed by atoms with E-state index in [-0.39, 0.29) is 89.0 Å². The Morgan fingerprint density at radius 1 is 0.743 bits per heavy atom. The van der Waals surface area contributed by atoms with E-state index < -0.39 is 201 Å². The predicted molar refractivity (Wildman–Crippen MR) is 413 cm³/mol. The van der Waals surface area contributed by atoms with Crippen LogP contribution in [0, 0.1) is 5.92 Å². The van der Waals surface area contributed by atoms with Crippen molar-refractivity contribution in [2.24, 2.45) is 21.6 Å².